The van der Waals surface area contributed by atoms with Gasteiger partial charge in [-0.2, -0.15) is 21.1 Å². The predicted molar refractivity (Wildman–Crippen MR) is 115 cm³/mol. The number of aliphatic hydroxyl groups is 1. The van der Waals surface area contributed by atoms with Gasteiger partial charge in [-0.05, 0) is 49.6 Å². The minimum atomic E-state index is -4.02. The maximum absolute atomic E-state index is 12.0. The zero-order valence-electron chi connectivity index (χ0n) is 16.6. The molecule has 5 N–H and O–H groups in total. The van der Waals surface area contributed by atoms with Gasteiger partial charge in [-0.15, -0.1) is 0 Å². The molecule has 0 spiro atoms. The van der Waals surface area contributed by atoms with E-state index in [0.717, 1.165) is 18.4 Å². The highest BCUT2D eigenvalue weighted by atomic mass is 32.2. The van der Waals surface area contributed by atoms with Crippen molar-refractivity contribution < 1.29 is 26.5 Å². The van der Waals surface area contributed by atoms with Crippen LogP contribution in [0.5, 0.6) is 0 Å². The van der Waals surface area contributed by atoms with E-state index in [4.69, 9.17) is 10.3 Å². The number of anilines is 1. The standard InChI is InChI=1S/C12H19N3O3S.C7H8O3S/c13-9-12(16)10-3-5-11(6-4-10)14-19(17,18)15-7-1-2-8-15;1-6-2-4-7(5-3-6)11(8,9)10/h3-6,12,14,16H,1-2,7-9,13H2;2-5H,1H3,(H,8,9,10). The first-order chi connectivity index (χ1) is 14.0. The summed E-state index contributed by atoms with van der Waals surface area (Å²) in [6.45, 7) is 3.12. The number of nitrogens with two attached hydrogens (primary N) is 1. The molecule has 1 aliphatic rings. The molecular weight excluding hydrogens is 430 g/mol. The molecule has 1 fully saturated rings. The second kappa shape index (κ2) is 10.3. The summed E-state index contributed by atoms with van der Waals surface area (Å²) in [5, 5.41) is 9.55. The molecule has 11 heteroatoms. The van der Waals surface area contributed by atoms with Crippen LogP contribution >= 0.6 is 0 Å². The molecule has 1 aliphatic heterocycles. The van der Waals surface area contributed by atoms with Crippen LogP contribution in [-0.2, 0) is 20.3 Å². The number of nitrogens with one attached hydrogen (secondary N) is 1. The molecule has 1 unspecified atom stereocenters. The van der Waals surface area contributed by atoms with Gasteiger partial charge in [0.05, 0.1) is 11.0 Å². The Hall–Kier alpha value is -2.02. The Morgan fingerprint density at radius 2 is 1.53 bits per heavy atom. The normalized spacial score (nSPS) is 15.9. The molecule has 2 aromatic rings. The second-order valence-corrected chi connectivity index (χ2v) is 9.97. The van der Waals surface area contributed by atoms with Crippen LogP contribution in [-0.4, -0.2) is 50.4 Å². The highest BCUT2D eigenvalue weighted by molar-refractivity contribution is 7.90. The van der Waals surface area contributed by atoms with E-state index in [0.29, 0.717) is 24.3 Å². The number of hydrogen-bond donors (Lipinski definition) is 4. The molecule has 0 aromatic heterocycles. The monoisotopic (exact) mass is 457 g/mol. The van der Waals surface area contributed by atoms with Crippen molar-refractivity contribution >= 4 is 26.0 Å². The molecule has 3 rings (SSSR count). The fourth-order valence-electron chi connectivity index (χ4n) is 2.76. The number of benzene rings is 2. The van der Waals surface area contributed by atoms with Crippen molar-refractivity contribution in [1.82, 2.24) is 4.31 Å². The Morgan fingerprint density at radius 1 is 1.00 bits per heavy atom. The number of aliphatic hydroxyl groups excluding tert-OH is 1. The van der Waals surface area contributed by atoms with Crippen LogP contribution in [0.25, 0.3) is 0 Å². The lowest BCUT2D eigenvalue weighted by molar-refractivity contribution is 0.187. The third kappa shape index (κ3) is 7.04. The van der Waals surface area contributed by atoms with E-state index >= 15 is 0 Å². The van der Waals surface area contributed by atoms with Crippen molar-refractivity contribution in [2.24, 2.45) is 5.73 Å². The number of rotatable bonds is 6. The van der Waals surface area contributed by atoms with Crippen molar-refractivity contribution in [3.05, 3.63) is 59.7 Å². The number of aryl methyl sites for hydroxylation is 1. The zero-order valence-corrected chi connectivity index (χ0v) is 18.2. The molecule has 30 heavy (non-hydrogen) atoms. The van der Waals surface area contributed by atoms with E-state index < -0.39 is 26.4 Å². The Labute approximate surface area is 177 Å². The molecule has 0 radical (unpaired) electrons. The summed E-state index contributed by atoms with van der Waals surface area (Å²) in [6, 6.07) is 12.6. The summed E-state index contributed by atoms with van der Waals surface area (Å²) in [7, 11) is -7.48. The fraction of sp³-hybridized carbons (Fsp3) is 0.368. The van der Waals surface area contributed by atoms with Crippen LogP contribution < -0.4 is 10.5 Å². The summed E-state index contributed by atoms with van der Waals surface area (Å²) in [5.41, 5.74) is 7.47. The Bertz CT molecular complexity index is 1020. The summed E-state index contributed by atoms with van der Waals surface area (Å²) in [5.74, 6) is 0. The molecule has 0 amide bonds. The maximum atomic E-state index is 12.0. The first-order valence-corrected chi connectivity index (χ1v) is 12.2. The molecular formula is C19H27N3O6S2. The van der Waals surface area contributed by atoms with Crippen LogP contribution in [0.3, 0.4) is 0 Å². The molecule has 0 saturated carbocycles. The predicted octanol–water partition coefficient (Wildman–Crippen LogP) is 1.67. The lowest BCUT2D eigenvalue weighted by atomic mass is 10.1. The van der Waals surface area contributed by atoms with Gasteiger partial charge in [0.25, 0.3) is 10.1 Å². The van der Waals surface area contributed by atoms with Crippen molar-refractivity contribution in [3.63, 3.8) is 0 Å². The Balaban J connectivity index is 0.000000248. The lowest BCUT2D eigenvalue weighted by Crippen LogP contribution is -2.33. The molecule has 0 bridgehead atoms. The molecule has 0 aliphatic carbocycles. The topological polar surface area (TPSA) is 150 Å². The van der Waals surface area contributed by atoms with E-state index in [-0.39, 0.29) is 11.4 Å². The maximum Gasteiger partial charge on any atom is 0.301 e. The van der Waals surface area contributed by atoms with Gasteiger partial charge >= 0.3 is 10.2 Å². The van der Waals surface area contributed by atoms with E-state index in [2.05, 4.69) is 4.72 Å². The first kappa shape index (κ1) is 24.3. The molecule has 9 nitrogen and oxygen atoms in total. The summed E-state index contributed by atoms with van der Waals surface area (Å²) >= 11 is 0. The van der Waals surface area contributed by atoms with Crippen LogP contribution in [0.2, 0.25) is 0 Å². The van der Waals surface area contributed by atoms with Gasteiger partial charge in [-0.1, -0.05) is 29.8 Å². The van der Waals surface area contributed by atoms with Gasteiger partial charge in [-0.3, -0.25) is 9.27 Å². The van der Waals surface area contributed by atoms with Gasteiger partial charge in [0.15, 0.2) is 0 Å². The van der Waals surface area contributed by atoms with Crippen molar-refractivity contribution in [2.75, 3.05) is 24.4 Å². The number of nitrogens with zero attached hydrogens (tertiary/aromatic N) is 1. The lowest BCUT2D eigenvalue weighted by Gasteiger charge is -2.17. The molecule has 1 saturated heterocycles. The highest BCUT2D eigenvalue weighted by Crippen LogP contribution is 2.19. The third-order valence-electron chi connectivity index (χ3n) is 4.49. The van der Waals surface area contributed by atoms with Crippen molar-refractivity contribution in [1.29, 1.82) is 0 Å². The summed E-state index contributed by atoms with van der Waals surface area (Å²) in [4.78, 5) is -0.0666. The SMILES string of the molecule is Cc1ccc(S(=O)(=O)O)cc1.NCC(O)c1ccc(NS(=O)(=O)N2CCCC2)cc1. The third-order valence-corrected chi connectivity index (χ3v) is 6.90. The summed E-state index contributed by atoms with van der Waals surface area (Å²) < 4.78 is 57.6. The van der Waals surface area contributed by atoms with E-state index in [1.807, 2.05) is 6.92 Å². The van der Waals surface area contributed by atoms with Crippen molar-refractivity contribution in [3.8, 4) is 0 Å². The number of hydrogen-bond acceptors (Lipinski definition) is 6. The van der Waals surface area contributed by atoms with Crippen LogP contribution in [0.15, 0.2) is 53.4 Å². The average molecular weight is 458 g/mol. The van der Waals surface area contributed by atoms with Crippen LogP contribution in [0.4, 0.5) is 5.69 Å². The van der Waals surface area contributed by atoms with E-state index in [9.17, 15) is 21.9 Å². The largest absolute Gasteiger partial charge is 0.387 e. The minimum Gasteiger partial charge on any atom is -0.387 e. The fourth-order valence-corrected chi connectivity index (χ4v) is 4.54. The molecule has 2 aromatic carbocycles. The highest BCUT2D eigenvalue weighted by Gasteiger charge is 2.25. The van der Waals surface area contributed by atoms with Crippen LogP contribution in [0.1, 0.15) is 30.1 Å². The average Bonchev–Trinajstić information content (AvgIpc) is 3.24. The van der Waals surface area contributed by atoms with Crippen LogP contribution in [0, 0.1) is 6.92 Å². The summed E-state index contributed by atoms with van der Waals surface area (Å²) in [6.07, 6.45) is 1.09. The van der Waals surface area contributed by atoms with Gasteiger partial charge in [0, 0.05) is 25.3 Å². The van der Waals surface area contributed by atoms with Crippen molar-refractivity contribution in [2.45, 2.75) is 30.8 Å². The van der Waals surface area contributed by atoms with E-state index in [1.54, 1.807) is 36.4 Å². The zero-order chi connectivity index (χ0) is 22.4. The van der Waals surface area contributed by atoms with Gasteiger partial charge in [-0.25, -0.2) is 0 Å². The molecule has 1 atom stereocenters. The Kier molecular flexibility index (Phi) is 8.35. The minimum absolute atomic E-state index is 0.0666. The Morgan fingerprint density at radius 3 is 2.00 bits per heavy atom. The molecule has 1 heterocycles. The molecule has 166 valence electrons. The van der Waals surface area contributed by atoms with Gasteiger partial charge in [0.2, 0.25) is 0 Å². The smallest absolute Gasteiger partial charge is 0.301 e. The first-order valence-electron chi connectivity index (χ1n) is 9.33. The second-order valence-electron chi connectivity index (χ2n) is 6.87. The van der Waals surface area contributed by atoms with E-state index in [1.165, 1.54) is 16.4 Å². The quantitative estimate of drug-likeness (QED) is 0.482. The van der Waals surface area contributed by atoms with Gasteiger partial charge < -0.3 is 10.8 Å². The van der Waals surface area contributed by atoms with Gasteiger partial charge in [0.1, 0.15) is 0 Å².